The molecule has 4 fully saturated rings. The normalized spacial score (nSPS) is 25.7. The molecule has 0 spiro atoms. The Kier molecular flexibility index (Phi) is 10.00. The van der Waals surface area contributed by atoms with Crippen LogP contribution in [0.15, 0.2) is 28.1 Å². The van der Waals surface area contributed by atoms with Gasteiger partial charge in [-0.3, -0.25) is 15.0 Å². The second kappa shape index (κ2) is 14.2. The van der Waals surface area contributed by atoms with Gasteiger partial charge in [0.1, 0.15) is 5.00 Å². The minimum atomic E-state index is -4.71. The molecule has 7 rings (SSSR count). The van der Waals surface area contributed by atoms with Gasteiger partial charge in [0.05, 0.1) is 17.8 Å². The van der Waals surface area contributed by atoms with Crippen molar-refractivity contribution >= 4 is 56.0 Å². The molecule has 1 aromatic heterocycles. The van der Waals surface area contributed by atoms with E-state index >= 15 is 0 Å². The fourth-order valence-corrected chi connectivity index (χ4v) is 9.76. The highest BCUT2D eigenvalue weighted by molar-refractivity contribution is 9.10. The van der Waals surface area contributed by atoms with Crippen molar-refractivity contribution in [1.29, 1.82) is 0 Å². The summed E-state index contributed by atoms with van der Waals surface area (Å²) in [5, 5.41) is 5.73. The monoisotopic (exact) mass is 781 g/mol. The van der Waals surface area contributed by atoms with Gasteiger partial charge < -0.3 is 30.1 Å². The Morgan fingerprint density at radius 1 is 1.00 bits per heavy atom. The van der Waals surface area contributed by atoms with Crippen molar-refractivity contribution in [1.82, 2.24) is 24.5 Å². The van der Waals surface area contributed by atoms with Crippen LogP contribution in [0.3, 0.4) is 0 Å². The van der Waals surface area contributed by atoms with Crippen molar-refractivity contribution in [3.8, 4) is 0 Å². The summed E-state index contributed by atoms with van der Waals surface area (Å²) >= 11 is 4.63. The molecule has 16 heteroatoms. The predicted molar refractivity (Wildman–Crippen MR) is 187 cm³/mol. The number of anilines is 2. The Bertz CT molecular complexity index is 1600. The van der Waals surface area contributed by atoms with E-state index < -0.39 is 35.5 Å². The van der Waals surface area contributed by atoms with Gasteiger partial charge in [-0.2, -0.15) is 13.2 Å². The molecule has 6 heterocycles. The first kappa shape index (κ1) is 35.3. The number of rotatable bonds is 6. The van der Waals surface area contributed by atoms with E-state index in [4.69, 9.17) is 10.5 Å². The zero-order valence-corrected chi connectivity index (χ0v) is 30.4. The highest BCUT2D eigenvalue weighted by Gasteiger charge is 2.42. The van der Waals surface area contributed by atoms with Crippen LogP contribution in [0.5, 0.6) is 0 Å². The Morgan fingerprint density at radius 2 is 1.68 bits per heavy atom. The van der Waals surface area contributed by atoms with Crippen LogP contribution >= 0.6 is 27.3 Å². The van der Waals surface area contributed by atoms with Gasteiger partial charge in [-0.05, 0) is 90.6 Å². The lowest BCUT2D eigenvalue weighted by Crippen LogP contribution is -2.57. The average Bonchev–Trinajstić information content (AvgIpc) is 3.61. The third-order valence-electron chi connectivity index (χ3n) is 11.4. The smallest absolute Gasteiger partial charge is 0.418 e. The maximum absolute atomic E-state index is 14.1. The Hall–Kier alpha value is -3.08. The molecular formula is C34H43BrF3N7O4S. The summed E-state index contributed by atoms with van der Waals surface area (Å²) in [6, 6.07) is 5.78. The fraction of sp³-hybridized carbons (Fsp3) is 0.618. The number of nitrogens with zero attached hydrogens (tertiary/aromatic N) is 5. The number of urea groups is 1. The Balaban J connectivity index is 1.02. The Morgan fingerprint density at radius 3 is 2.34 bits per heavy atom. The van der Waals surface area contributed by atoms with Crippen molar-refractivity contribution in [3.05, 3.63) is 44.7 Å². The zero-order chi connectivity index (χ0) is 35.3. The first-order chi connectivity index (χ1) is 23.9. The summed E-state index contributed by atoms with van der Waals surface area (Å²) in [4.78, 5) is 50.4. The van der Waals surface area contributed by atoms with E-state index in [0.717, 1.165) is 29.5 Å². The number of carbonyl (C=O) groups is 3. The predicted octanol–water partition coefficient (Wildman–Crippen LogP) is 5.44. The summed E-state index contributed by atoms with van der Waals surface area (Å²) in [6.07, 6.45) is -1.23. The van der Waals surface area contributed by atoms with E-state index in [-0.39, 0.29) is 28.5 Å². The third kappa shape index (κ3) is 7.17. The molecule has 2 aromatic rings. The number of fused-ring (bicyclic) bond motifs is 3. The molecule has 4 amide bonds. The first-order valence-electron chi connectivity index (χ1n) is 17.3. The van der Waals surface area contributed by atoms with Crippen LogP contribution < -0.4 is 11.1 Å². The molecule has 0 radical (unpaired) electrons. The summed E-state index contributed by atoms with van der Waals surface area (Å²) in [5.41, 5.74) is 5.52. The van der Waals surface area contributed by atoms with Crippen LogP contribution in [0.2, 0.25) is 0 Å². The van der Waals surface area contributed by atoms with Crippen molar-refractivity contribution in [3.63, 3.8) is 0 Å². The molecule has 3 N–H and O–H groups in total. The lowest BCUT2D eigenvalue weighted by atomic mass is 9.96. The van der Waals surface area contributed by atoms with Crippen molar-refractivity contribution in [2.45, 2.75) is 87.9 Å². The number of piperazine rings is 1. The number of hydrogen-bond donors (Lipinski definition) is 2. The number of ether oxygens (including phenoxy) is 1. The molecule has 4 saturated heterocycles. The number of nitrogens with two attached hydrogens (primary N) is 1. The summed E-state index contributed by atoms with van der Waals surface area (Å²) in [5.74, 6) is -0.422. The van der Waals surface area contributed by atoms with Crippen LogP contribution in [0, 0.1) is 0 Å². The van der Waals surface area contributed by atoms with Gasteiger partial charge in [0.25, 0.3) is 5.91 Å². The topological polar surface area (TPSA) is 115 Å². The maximum Gasteiger partial charge on any atom is 0.418 e. The van der Waals surface area contributed by atoms with Crippen molar-refractivity contribution in [2.24, 2.45) is 0 Å². The lowest BCUT2D eigenvalue weighted by molar-refractivity contribution is -0.143. The summed E-state index contributed by atoms with van der Waals surface area (Å²) in [7, 11) is 2.21. The highest BCUT2D eigenvalue weighted by atomic mass is 79.9. The molecule has 11 nitrogen and oxygen atoms in total. The van der Waals surface area contributed by atoms with E-state index in [2.05, 4.69) is 38.1 Å². The van der Waals surface area contributed by atoms with Gasteiger partial charge >= 0.3 is 18.3 Å². The fourth-order valence-electron chi connectivity index (χ4n) is 8.46. The van der Waals surface area contributed by atoms with Crippen molar-refractivity contribution in [2.75, 3.05) is 57.4 Å². The first-order valence-corrected chi connectivity index (χ1v) is 19.0. The van der Waals surface area contributed by atoms with Crippen LogP contribution in [0.25, 0.3) is 0 Å². The number of nitrogen functional groups attached to an aromatic ring is 1. The molecule has 2 unspecified atom stereocenters. The Labute approximate surface area is 302 Å². The summed E-state index contributed by atoms with van der Waals surface area (Å²) in [6.45, 7) is 3.40. The quantitative estimate of drug-likeness (QED) is 0.376. The lowest BCUT2D eigenvalue weighted by Gasteiger charge is -2.45. The van der Waals surface area contributed by atoms with E-state index in [0.29, 0.717) is 76.8 Å². The number of thiophene rings is 1. The second-order valence-corrected chi connectivity index (χ2v) is 16.0. The summed E-state index contributed by atoms with van der Waals surface area (Å²) < 4.78 is 47.5. The standard InChI is InChI=1S/C34H43BrF3N7O4S/c1-41-23-2-3-24(41)18-25(17-23)42-9-11-43(12-10-42)31(46)28(16-20-14-26(34(36,37)38)29(39)27(35)15-20)49-33(48)44-7-4-22(5-8-44)45-19-21-6-13-50-30(21)40-32(45)47/h6,13-15,22-25,28H,2-5,7-12,16-19,39H2,1H3,(H,40,47)/t23?,24?,25?,28-/m1/s1. The number of alkyl halides is 3. The number of carbonyl (C=O) groups excluding carboxylic acids is 3. The van der Waals surface area contributed by atoms with Crippen LogP contribution in [-0.4, -0.2) is 119 Å². The van der Waals surface area contributed by atoms with Crippen LogP contribution in [0.4, 0.5) is 33.4 Å². The molecule has 5 aliphatic rings. The van der Waals surface area contributed by atoms with E-state index in [1.165, 1.54) is 35.1 Å². The van der Waals surface area contributed by atoms with E-state index in [9.17, 15) is 27.6 Å². The number of halogens is 4. The van der Waals surface area contributed by atoms with Gasteiger partial charge in [0.15, 0.2) is 6.10 Å². The number of amides is 4. The van der Waals surface area contributed by atoms with Gasteiger partial charge in [-0.15, -0.1) is 11.3 Å². The van der Waals surface area contributed by atoms with Gasteiger partial charge in [0, 0.05) is 79.9 Å². The molecule has 1 aromatic carbocycles. The SMILES string of the molecule is CN1C2CCC1CC(N1CCN(C(=O)[C@@H](Cc3cc(Br)c(N)c(C(F)(F)F)c3)OC(=O)N3CCC(N4Cc5ccsc5NC4=O)CC3)CC1)C2. The van der Waals surface area contributed by atoms with Gasteiger partial charge in [0.2, 0.25) is 0 Å². The third-order valence-corrected chi connectivity index (χ3v) is 12.9. The molecule has 0 saturated carbocycles. The van der Waals surface area contributed by atoms with Gasteiger partial charge in [-0.1, -0.05) is 0 Å². The van der Waals surface area contributed by atoms with E-state index in [1.807, 2.05) is 11.4 Å². The number of nitrogens with one attached hydrogen (secondary N) is 1. The zero-order valence-electron chi connectivity index (χ0n) is 28.0. The molecule has 50 heavy (non-hydrogen) atoms. The molecule has 272 valence electrons. The van der Waals surface area contributed by atoms with E-state index in [1.54, 1.807) is 9.80 Å². The average molecular weight is 783 g/mol. The van der Waals surface area contributed by atoms with Gasteiger partial charge in [-0.25, -0.2) is 9.59 Å². The second-order valence-electron chi connectivity index (χ2n) is 14.2. The number of likely N-dealkylation sites (tertiary alicyclic amines) is 1. The molecule has 0 aliphatic carbocycles. The highest BCUT2D eigenvalue weighted by Crippen LogP contribution is 2.39. The van der Waals surface area contributed by atoms with Crippen LogP contribution in [0.1, 0.15) is 55.2 Å². The molecule has 5 aliphatic heterocycles. The molecule has 3 atom stereocenters. The number of benzene rings is 1. The molecular weight excluding hydrogens is 739 g/mol. The molecule has 2 bridgehead atoms. The minimum Gasteiger partial charge on any atom is -0.436 e. The van der Waals surface area contributed by atoms with Crippen LogP contribution in [-0.2, 0) is 28.7 Å². The number of hydrogen-bond acceptors (Lipinski definition) is 8. The largest absolute Gasteiger partial charge is 0.436 e. The maximum atomic E-state index is 14.1. The van der Waals surface area contributed by atoms with Crippen molar-refractivity contribution < 1.29 is 32.3 Å². The minimum absolute atomic E-state index is 0.0546. The number of piperidine rings is 2.